The highest BCUT2D eigenvalue weighted by molar-refractivity contribution is 8.02. The Kier molecular flexibility index (Phi) is 9.19. The van der Waals surface area contributed by atoms with Crippen molar-refractivity contribution in [3.05, 3.63) is 35.4 Å². The van der Waals surface area contributed by atoms with Crippen LogP contribution < -0.4 is 0 Å². The fourth-order valence-corrected chi connectivity index (χ4v) is 3.29. The summed E-state index contributed by atoms with van der Waals surface area (Å²) in [7, 11) is 0. The van der Waals surface area contributed by atoms with E-state index in [1.54, 1.807) is 22.7 Å². The molecule has 4 heteroatoms. The van der Waals surface area contributed by atoms with Crippen LogP contribution in [0.25, 0.3) is 0 Å². The normalized spacial score (nSPS) is 18.2. The zero-order valence-electron chi connectivity index (χ0n) is 13.4. The average Bonchev–Trinajstić information content (AvgIpc) is 2.78. The van der Waals surface area contributed by atoms with Gasteiger partial charge in [-0.25, -0.2) is 0 Å². The van der Waals surface area contributed by atoms with Crippen LogP contribution in [0.1, 0.15) is 32.6 Å². The van der Waals surface area contributed by atoms with Crippen molar-refractivity contribution in [1.29, 1.82) is 0 Å². The maximum Gasteiger partial charge on any atom is 0.214 e. The van der Waals surface area contributed by atoms with Gasteiger partial charge in [0.2, 0.25) is 6.41 Å². The van der Waals surface area contributed by atoms with Gasteiger partial charge in [0.1, 0.15) is 0 Å². The highest BCUT2D eigenvalue weighted by Crippen LogP contribution is 2.21. The van der Waals surface area contributed by atoms with Gasteiger partial charge in [-0.1, -0.05) is 31.6 Å². The van der Waals surface area contributed by atoms with Crippen LogP contribution in [0.2, 0.25) is 0 Å². The Labute approximate surface area is 133 Å². The van der Waals surface area contributed by atoms with E-state index >= 15 is 0 Å². The minimum absolute atomic E-state index is 0.729. The molecule has 0 aliphatic carbocycles. The highest BCUT2D eigenvalue weighted by atomic mass is 32.2. The van der Waals surface area contributed by atoms with Gasteiger partial charge in [0, 0.05) is 18.0 Å². The van der Waals surface area contributed by atoms with Crippen LogP contribution in [0.3, 0.4) is 0 Å². The molecule has 1 heterocycles. The number of carbonyl (C=O) groups is 1. The minimum Gasteiger partial charge on any atom is -0.313 e. The average molecular weight is 308 g/mol. The summed E-state index contributed by atoms with van der Waals surface area (Å²) in [5.74, 6) is 0. The standard InChI is InChI=1S/C17H28N2OS/c1-4-10-17(21-3)16(5-2)19(15-20)14-13-18-11-8-6-7-9-12-18/h4-5,10,15H,2,6-9,11-14H2,1,3H3/b10-4+,17-16-. The van der Waals surface area contributed by atoms with E-state index in [1.807, 2.05) is 25.3 Å². The third-order valence-electron chi connectivity index (χ3n) is 3.78. The molecule has 0 atom stereocenters. The first-order valence-corrected chi connectivity index (χ1v) is 8.97. The maximum atomic E-state index is 11.5. The van der Waals surface area contributed by atoms with Crippen molar-refractivity contribution in [2.24, 2.45) is 0 Å². The van der Waals surface area contributed by atoms with E-state index in [4.69, 9.17) is 0 Å². The van der Waals surface area contributed by atoms with E-state index in [0.29, 0.717) is 0 Å². The third kappa shape index (κ3) is 6.10. The van der Waals surface area contributed by atoms with E-state index < -0.39 is 0 Å². The van der Waals surface area contributed by atoms with Gasteiger partial charge in [-0.05, 0) is 45.2 Å². The number of carbonyl (C=O) groups excluding carboxylic acids is 1. The van der Waals surface area contributed by atoms with Gasteiger partial charge in [0.25, 0.3) is 0 Å². The molecule has 0 unspecified atom stereocenters. The van der Waals surface area contributed by atoms with Crippen LogP contribution in [0.4, 0.5) is 0 Å². The minimum atomic E-state index is 0.729. The van der Waals surface area contributed by atoms with Crippen LogP contribution in [-0.4, -0.2) is 48.6 Å². The second kappa shape index (κ2) is 10.7. The Hall–Kier alpha value is -1.00. The van der Waals surface area contributed by atoms with Crippen molar-refractivity contribution >= 4 is 18.2 Å². The fraction of sp³-hybridized carbons (Fsp3) is 0.588. The number of hydrogen-bond donors (Lipinski definition) is 0. The molecular formula is C17H28N2OS. The van der Waals surface area contributed by atoms with E-state index in [2.05, 4.69) is 11.5 Å². The molecule has 1 saturated heterocycles. The number of allylic oxidation sites excluding steroid dienone is 3. The Morgan fingerprint density at radius 3 is 2.43 bits per heavy atom. The highest BCUT2D eigenvalue weighted by Gasteiger charge is 2.13. The zero-order chi connectivity index (χ0) is 15.5. The van der Waals surface area contributed by atoms with Gasteiger partial charge in [-0.15, -0.1) is 11.8 Å². The molecule has 21 heavy (non-hydrogen) atoms. The first-order valence-electron chi connectivity index (χ1n) is 7.74. The largest absolute Gasteiger partial charge is 0.313 e. The van der Waals surface area contributed by atoms with Gasteiger partial charge >= 0.3 is 0 Å². The molecule has 1 fully saturated rings. The number of likely N-dealkylation sites (tertiary alicyclic amines) is 1. The number of hydrogen-bond acceptors (Lipinski definition) is 3. The van der Waals surface area contributed by atoms with E-state index in [9.17, 15) is 4.79 Å². The van der Waals surface area contributed by atoms with Gasteiger partial charge in [0.15, 0.2) is 0 Å². The predicted octanol–water partition coefficient (Wildman–Crippen LogP) is 3.66. The summed E-state index contributed by atoms with van der Waals surface area (Å²) in [6, 6.07) is 0. The zero-order valence-corrected chi connectivity index (χ0v) is 14.2. The molecule has 1 amide bonds. The molecule has 0 spiro atoms. The summed E-state index contributed by atoms with van der Waals surface area (Å²) in [6.07, 6.45) is 14.0. The molecule has 0 saturated carbocycles. The third-order valence-corrected chi connectivity index (χ3v) is 4.56. The Morgan fingerprint density at radius 1 is 1.29 bits per heavy atom. The second-order valence-corrected chi connectivity index (χ2v) is 6.06. The van der Waals surface area contributed by atoms with Crippen molar-refractivity contribution in [2.45, 2.75) is 32.6 Å². The van der Waals surface area contributed by atoms with E-state index in [0.717, 1.165) is 43.2 Å². The van der Waals surface area contributed by atoms with Gasteiger partial charge in [0.05, 0.1) is 5.70 Å². The lowest BCUT2D eigenvalue weighted by Gasteiger charge is -2.25. The molecule has 0 aromatic heterocycles. The smallest absolute Gasteiger partial charge is 0.214 e. The summed E-state index contributed by atoms with van der Waals surface area (Å²) in [5, 5.41) is 0. The molecule has 1 aliphatic rings. The lowest BCUT2D eigenvalue weighted by molar-refractivity contribution is -0.116. The van der Waals surface area contributed by atoms with Crippen LogP contribution in [0.5, 0.6) is 0 Å². The number of rotatable bonds is 8. The molecule has 3 nitrogen and oxygen atoms in total. The second-order valence-electron chi connectivity index (χ2n) is 5.21. The lowest BCUT2D eigenvalue weighted by atomic mass is 10.2. The topological polar surface area (TPSA) is 23.6 Å². The van der Waals surface area contributed by atoms with E-state index in [-0.39, 0.29) is 0 Å². The lowest BCUT2D eigenvalue weighted by Crippen LogP contribution is -2.34. The van der Waals surface area contributed by atoms with Gasteiger partial charge in [-0.3, -0.25) is 4.79 Å². The van der Waals surface area contributed by atoms with Gasteiger partial charge < -0.3 is 9.80 Å². The Bertz CT molecular complexity index is 382. The fourth-order valence-electron chi connectivity index (χ4n) is 2.61. The van der Waals surface area contributed by atoms with Crippen molar-refractivity contribution in [2.75, 3.05) is 32.4 Å². The first-order chi connectivity index (χ1) is 10.3. The van der Waals surface area contributed by atoms with E-state index in [1.165, 1.54) is 25.7 Å². The SMILES string of the molecule is C=C/C(=C(\C=C\C)SC)N(C=O)CCN1CCCCCC1. The van der Waals surface area contributed by atoms with Crippen molar-refractivity contribution < 1.29 is 4.79 Å². The molecule has 0 aromatic carbocycles. The number of thioether (sulfide) groups is 1. The first kappa shape index (κ1) is 18.1. The summed E-state index contributed by atoms with van der Waals surface area (Å²) in [4.78, 5) is 16.8. The van der Waals surface area contributed by atoms with Crippen molar-refractivity contribution in [3.63, 3.8) is 0 Å². The van der Waals surface area contributed by atoms with Gasteiger partial charge in [-0.2, -0.15) is 0 Å². The van der Waals surface area contributed by atoms with Crippen molar-refractivity contribution in [3.8, 4) is 0 Å². The van der Waals surface area contributed by atoms with Crippen LogP contribution in [0.15, 0.2) is 35.4 Å². The summed E-state index contributed by atoms with van der Waals surface area (Å²) >= 11 is 1.64. The molecule has 0 aromatic rings. The molecule has 0 N–H and O–H groups in total. The molecule has 0 bridgehead atoms. The van der Waals surface area contributed by atoms with Crippen LogP contribution >= 0.6 is 11.8 Å². The maximum absolute atomic E-state index is 11.5. The summed E-state index contributed by atoms with van der Waals surface area (Å²) in [5.41, 5.74) is 0.908. The summed E-state index contributed by atoms with van der Waals surface area (Å²) in [6.45, 7) is 9.84. The summed E-state index contributed by atoms with van der Waals surface area (Å²) < 4.78 is 0. The molecule has 1 aliphatic heterocycles. The van der Waals surface area contributed by atoms with Crippen molar-refractivity contribution in [1.82, 2.24) is 9.80 Å². The molecule has 0 radical (unpaired) electrons. The monoisotopic (exact) mass is 308 g/mol. The molecular weight excluding hydrogens is 280 g/mol. The number of amides is 1. The number of nitrogens with zero attached hydrogens (tertiary/aromatic N) is 2. The Morgan fingerprint density at radius 2 is 1.95 bits per heavy atom. The van der Waals surface area contributed by atoms with Crippen LogP contribution in [-0.2, 0) is 4.79 Å². The quantitative estimate of drug-likeness (QED) is 0.505. The Balaban J connectivity index is 2.71. The molecule has 1 rings (SSSR count). The molecule has 118 valence electrons. The van der Waals surface area contributed by atoms with Crippen LogP contribution in [0, 0.1) is 0 Å². The predicted molar refractivity (Wildman–Crippen MR) is 93.2 cm³/mol.